The van der Waals surface area contributed by atoms with Gasteiger partial charge in [-0.1, -0.05) is 30.3 Å². The highest BCUT2D eigenvalue weighted by Gasteiger charge is 2.22. The molecule has 2 aromatic rings. The summed E-state index contributed by atoms with van der Waals surface area (Å²) in [6.07, 6.45) is 4.86. The number of nitrogens with zero attached hydrogens (tertiary/aromatic N) is 1. The van der Waals surface area contributed by atoms with Crippen LogP contribution in [0.3, 0.4) is 0 Å². The first-order valence-electron chi connectivity index (χ1n) is 9.34. The zero-order valence-corrected chi connectivity index (χ0v) is 15.8. The Morgan fingerprint density at radius 1 is 1.12 bits per heavy atom. The topological polar surface area (TPSA) is 49.4 Å². The second-order valence-electron chi connectivity index (χ2n) is 6.87. The molecule has 0 saturated carbocycles. The molecule has 26 heavy (non-hydrogen) atoms. The molecule has 0 radical (unpaired) electrons. The molecule has 0 atom stereocenters. The van der Waals surface area contributed by atoms with Crippen molar-refractivity contribution in [1.82, 2.24) is 10.2 Å². The number of amides is 2. The van der Waals surface area contributed by atoms with Crippen molar-refractivity contribution in [2.24, 2.45) is 5.92 Å². The Morgan fingerprint density at radius 2 is 1.88 bits per heavy atom. The molecule has 1 aliphatic rings. The largest absolute Gasteiger partial charge is 0.351 e. The Kier molecular flexibility index (Phi) is 6.83. The molecule has 1 saturated heterocycles. The molecule has 2 heterocycles. The number of likely N-dealkylation sites (tertiary alicyclic amines) is 1. The molecular weight excluding hydrogens is 344 g/mol. The smallest absolute Gasteiger partial charge is 0.252 e. The first-order chi connectivity index (χ1) is 12.7. The molecule has 1 N–H and O–H groups in total. The Hall–Kier alpha value is -2.14. The predicted octanol–water partition coefficient (Wildman–Crippen LogP) is 3.74. The van der Waals surface area contributed by atoms with Crippen molar-refractivity contribution in [3.8, 4) is 0 Å². The van der Waals surface area contributed by atoms with Gasteiger partial charge in [-0.2, -0.15) is 11.3 Å². The maximum atomic E-state index is 12.3. The van der Waals surface area contributed by atoms with Gasteiger partial charge in [-0.15, -0.1) is 0 Å². The van der Waals surface area contributed by atoms with E-state index < -0.39 is 0 Å². The molecule has 0 bridgehead atoms. The number of piperidine rings is 1. The van der Waals surface area contributed by atoms with Gasteiger partial charge in [0, 0.05) is 37.0 Å². The number of thiophene rings is 1. The van der Waals surface area contributed by atoms with Crippen molar-refractivity contribution in [2.75, 3.05) is 19.6 Å². The van der Waals surface area contributed by atoms with Gasteiger partial charge in [-0.25, -0.2) is 0 Å². The lowest BCUT2D eigenvalue weighted by molar-refractivity contribution is -0.132. The average molecular weight is 371 g/mol. The standard InChI is InChI=1S/C21H26N2O2S/c24-20(8-12-22-21(25)19-11-15-26-16-19)23-13-9-18(10-14-23)7-6-17-4-2-1-3-5-17/h1-5,11,15-16,18H,6-10,12-14H2,(H,22,25). The van der Waals surface area contributed by atoms with Crippen LogP contribution < -0.4 is 5.32 Å². The van der Waals surface area contributed by atoms with Crippen LogP contribution in [0.15, 0.2) is 47.2 Å². The highest BCUT2D eigenvalue weighted by atomic mass is 32.1. The van der Waals surface area contributed by atoms with Crippen LogP contribution >= 0.6 is 11.3 Å². The Bertz CT molecular complexity index is 692. The maximum absolute atomic E-state index is 12.3. The van der Waals surface area contributed by atoms with Crippen LogP contribution in [0.2, 0.25) is 0 Å². The highest BCUT2D eigenvalue weighted by molar-refractivity contribution is 7.08. The van der Waals surface area contributed by atoms with Crippen LogP contribution in [0.5, 0.6) is 0 Å². The number of hydrogen-bond donors (Lipinski definition) is 1. The predicted molar refractivity (Wildman–Crippen MR) is 105 cm³/mol. The minimum absolute atomic E-state index is 0.0985. The van der Waals surface area contributed by atoms with Crippen molar-refractivity contribution in [1.29, 1.82) is 0 Å². The van der Waals surface area contributed by atoms with Crippen molar-refractivity contribution in [3.63, 3.8) is 0 Å². The number of hydrogen-bond acceptors (Lipinski definition) is 3. The van der Waals surface area contributed by atoms with Gasteiger partial charge in [0.2, 0.25) is 5.91 Å². The molecule has 5 heteroatoms. The summed E-state index contributed by atoms with van der Waals surface area (Å²) in [5.41, 5.74) is 2.06. The summed E-state index contributed by atoms with van der Waals surface area (Å²) in [6, 6.07) is 12.4. The van der Waals surface area contributed by atoms with Crippen LogP contribution in [0.1, 0.15) is 41.6 Å². The maximum Gasteiger partial charge on any atom is 0.252 e. The van der Waals surface area contributed by atoms with Crippen LogP contribution in [0.4, 0.5) is 0 Å². The molecule has 0 unspecified atom stereocenters. The van der Waals surface area contributed by atoms with Crippen LogP contribution in [-0.2, 0) is 11.2 Å². The zero-order valence-electron chi connectivity index (χ0n) is 15.0. The van der Waals surface area contributed by atoms with Crippen molar-refractivity contribution < 1.29 is 9.59 Å². The van der Waals surface area contributed by atoms with E-state index >= 15 is 0 Å². The lowest BCUT2D eigenvalue weighted by Crippen LogP contribution is -2.40. The fourth-order valence-corrected chi connectivity index (χ4v) is 4.06. The normalized spacial score (nSPS) is 15.0. The number of rotatable bonds is 7. The average Bonchev–Trinajstić information content (AvgIpc) is 3.22. The van der Waals surface area contributed by atoms with E-state index in [1.165, 1.54) is 23.3 Å². The van der Waals surface area contributed by atoms with Crippen LogP contribution in [-0.4, -0.2) is 36.3 Å². The summed E-state index contributed by atoms with van der Waals surface area (Å²) in [5, 5.41) is 6.52. The summed E-state index contributed by atoms with van der Waals surface area (Å²) in [6.45, 7) is 2.09. The third kappa shape index (κ3) is 5.43. The molecule has 0 spiro atoms. The molecule has 1 aromatic heterocycles. The van der Waals surface area contributed by atoms with Gasteiger partial charge >= 0.3 is 0 Å². The second-order valence-corrected chi connectivity index (χ2v) is 7.65. The monoisotopic (exact) mass is 370 g/mol. The summed E-state index contributed by atoms with van der Waals surface area (Å²) in [4.78, 5) is 26.1. The van der Waals surface area contributed by atoms with Gasteiger partial charge in [0.05, 0.1) is 0 Å². The molecular formula is C21H26N2O2S. The summed E-state index contributed by atoms with van der Waals surface area (Å²) >= 11 is 1.50. The molecule has 4 nitrogen and oxygen atoms in total. The first kappa shape index (κ1) is 18.6. The van der Waals surface area contributed by atoms with Crippen molar-refractivity contribution in [3.05, 3.63) is 58.3 Å². The molecule has 3 rings (SSSR count). The molecule has 1 aromatic carbocycles. The second kappa shape index (κ2) is 9.53. The van der Waals surface area contributed by atoms with Crippen LogP contribution in [0.25, 0.3) is 0 Å². The SMILES string of the molecule is O=C(NCCC(=O)N1CCC(CCc2ccccc2)CC1)c1ccsc1. The number of carbonyl (C=O) groups is 2. The zero-order chi connectivity index (χ0) is 18.2. The van der Waals surface area contributed by atoms with Gasteiger partial charge in [0.15, 0.2) is 0 Å². The number of aryl methyl sites for hydroxylation is 1. The quantitative estimate of drug-likeness (QED) is 0.807. The van der Waals surface area contributed by atoms with E-state index in [0.29, 0.717) is 24.4 Å². The van der Waals surface area contributed by atoms with E-state index in [9.17, 15) is 9.59 Å². The third-order valence-electron chi connectivity index (χ3n) is 5.06. The van der Waals surface area contributed by atoms with Crippen molar-refractivity contribution >= 4 is 23.2 Å². The van der Waals surface area contributed by atoms with E-state index in [2.05, 4.69) is 35.6 Å². The molecule has 1 fully saturated rings. The Morgan fingerprint density at radius 3 is 2.58 bits per heavy atom. The van der Waals surface area contributed by atoms with Gasteiger partial charge in [-0.05, 0) is 48.6 Å². The van der Waals surface area contributed by atoms with E-state index in [0.717, 1.165) is 32.4 Å². The van der Waals surface area contributed by atoms with E-state index in [-0.39, 0.29) is 11.8 Å². The molecule has 1 aliphatic heterocycles. The fourth-order valence-electron chi connectivity index (χ4n) is 3.42. The summed E-state index contributed by atoms with van der Waals surface area (Å²) in [5.74, 6) is 0.758. The Labute approximate surface area is 159 Å². The van der Waals surface area contributed by atoms with Gasteiger partial charge in [0.25, 0.3) is 5.91 Å². The molecule has 2 amide bonds. The lowest BCUT2D eigenvalue weighted by Gasteiger charge is -2.32. The molecule has 138 valence electrons. The minimum atomic E-state index is -0.0985. The van der Waals surface area contributed by atoms with E-state index in [4.69, 9.17) is 0 Å². The van der Waals surface area contributed by atoms with E-state index in [1.807, 2.05) is 15.7 Å². The Balaban J connectivity index is 1.32. The first-order valence-corrected chi connectivity index (χ1v) is 10.3. The number of benzene rings is 1. The molecule has 0 aliphatic carbocycles. The summed E-state index contributed by atoms with van der Waals surface area (Å²) < 4.78 is 0. The van der Waals surface area contributed by atoms with Crippen LogP contribution in [0, 0.1) is 5.92 Å². The number of carbonyl (C=O) groups excluding carboxylic acids is 2. The lowest BCUT2D eigenvalue weighted by atomic mass is 9.90. The highest BCUT2D eigenvalue weighted by Crippen LogP contribution is 2.22. The van der Waals surface area contributed by atoms with Gasteiger partial charge < -0.3 is 10.2 Å². The summed E-state index contributed by atoms with van der Waals surface area (Å²) in [7, 11) is 0. The van der Waals surface area contributed by atoms with Crippen molar-refractivity contribution in [2.45, 2.75) is 32.1 Å². The fraction of sp³-hybridized carbons (Fsp3) is 0.429. The van der Waals surface area contributed by atoms with E-state index in [1.54, 1.807) is 6.07 Å². The third-order valence-corrected chi connectivity index (χ3v) is 5.74. The number of nitrogens with one attached hydrogen (secondary N) is 1. The van der Waals surface area contributed by atoms with Gasteiger partial charge in [0.1, 0.15) is 0 Å². The minimum Gasteiger partial charge on any atom is -0.351 e. The van der Waals surface area contributed by atoms with Gasteiger partial charge in [-0.3, -0.25) is 9.59 Å².